The Labute approximate surface area is 176 Å². The van der Waals surface area contributed by atoms with Crippen molar-refractivity contribution in [2.24, 2.45) is 0 Å². The van der Waals surface area contributed by atoms with Crippen molar-refractivity contribution < 1.29 is 0 Å². The number of fused-ring (bicyclic) bond motifs is 2. The topological polar surface area (TPSA) is 89.6 Å². The highest BCUT2D eigenvalue weighted by molar-refractivity contribution is 5.78. The van der Waals surface area contributed by atoms with E-state index in [2.05, 4.69) is 66.4 Å². The summed E-state index contributed by atoms with van der Waals surface area (Å²) in [4.78, 5) is 13.6. The number of hydrogen-bond acceptors (Lipinski definition) is 6. The monoisotopic (exact) mass is 406 g/mol. The Bertz CT molecular complexity index is 1040. The molecule has 0 amide bonds. The zero-order valence-corrected chi connectivity index (χ0v) is 18.2. The van der Waals surface area contributed by atoms with Crippen LogP contribution in [0.4, 0.5) is 0 Å². The normalized spacial score (nSPS) is 12.1. The van der Waals surface area contributed by atoms with Gasteiger partial charge in [0.15, 0.2) is 11.3 Å². The molecule has 4 rings (SSSR count). The Morgan fingerprint density at radius 3 is 1.60 bits per heavy atom. The maximum absolute atomic E-state index is 4.45. The minimum Gasteiger partial charge on any atom is -0.302 e. The lowest BCUT2D eigenvalue weighted by molar-refractivity contribution is 0.285. The van der Waals surface area contributed by atoms with Crippen LogP contribution in [0.2, 0.25) is 0 Å². The predicted octanol–water partition coefficient (Wildman–Crippen LogP) is 3.19. The highest BCUT2D eigenvalue weighted by Gasteiger charge is 2.08. The zero-order valence-electron chi connectivity index (χ0n) is 18.2. The summed E-state index contributed by atoms with van der Waals surface area (Å²) in [7, 11) is 4.34. The molecule has 8 heteroatoms. The third-order valence-electron chi connectivity index (χ3n) is 5.55. The molecule has 0 atom stereocenters. The number of aryl methyl sites for hydroxylation is 2. The molecular formula is C22H30N8. The molecule has 0 aromatic carbocycles. The van der Waals surface area contributed by atoms with Gasteiger partial charge in [0.2, 0.25) is 0 Å². The summed E-state index contributed by atoms with van der Waals surface area (Å²) >= 11 is 0. The summed E-state index contributed by atoms with van der Waals surface area (Å²) in [6.45, 7) is 8.01. The standard InChI is InChI=1S/C22H30N8/c1-15-19-9-17(11-23-21(19)27-25-15)13-29(3)7-5-6-8-30(4)14-18-10-20-16(2)26-28-22(20)24-12-18/h9-12H,5-8,13-14H2,1-4H3,(H,23,25,27)(H,24,26,28). The highest BCUT2D eigenvalue weighted by Crippen LogP contribution is 2.17. The van der Waals surface area contributed by atoms with Gasteiger partial charge in [-0.1, -0.05) is 0 Å². The van der Waals surface area contributed by atoms with Crippen LogP contribution in [0.1, 0.15) is 35.4 Å². The fraction of sp³-hybridized carbons (Fsp3) is 0.455. The Kier molecular flexibility index (Phi) is 6.06. The van der Waals surface area contributed by atoms with Crippen molar-refractivity contribution in [3.8, 4) is 0 Å². The summed E-state index contributed by atoms with van der Waals surface area (Å²) in [5.41, 5.74) is 6.18. The van der Waals surface area contributed by atoms with Crippen LogP contribution in [0.3, 0.4) is 0 Å². The molecule has 0 fully saturated rings. The van der Waals surface area contributed by atoms with E-state index < -0.39 is 0 Å². The molecule has 0 radical (unpaired) electrons. The van der Waals surface area contributed by atoms with Crippen molar-refractivity contribution in [2.45, 2.75) is 39.8 Å². The number of nitrogens with zero attached hydrogens (tertiary/aromatic N) is 6. The van der Waals surface area contributed by atoms with Gasteiger partial charge < -0.3 is 9.80 Å². The molecular weight excluding hydrogens is 376 g/mol. The summed E-state index contributed by atoms with van der Waals surface area (Å²) in [5, 5.41) is 16.6. The van der Waals surface area contributed by atoms with Crippen LogP contribution >= 0.6 is 0 Å². The zero-order chi connectivity index (χ0) is 21.1. The van der Waals surface area contributed by atoms with Gasteiger partial charge in [0.05, 0.1) is 0 Å². The average Bonchev–Trinajstić information content (AvgIpc) is 3.28. The van der Waals surface area contributed by atoms with Crippen molar-refractivity contribution in [2.75, 3.05) is 27.2 Å². The minimum atomic E-state index is 0.791. The van der Waals surface area contributed by atoms with Crippen LogP contribution in [0.5, 0.6) is 0 Å². The van der Waals surface area contributed by atoms with Crippen LogP contribution < -0.4 is 0 Å². The number of aromatic nitrogens is 6. The second-order valence-electron chi connectivity index (χ2n) is 8.31. The predicted molar refractivity (Wildman–Crippen MR) is 119 cm³/mol. The SMILES string of the molecule is Cc1[nH]nc2ncc(CN(C)CCCCN(C)Cc3cnc4n[nH]c(C)c4c3)cc12. The summed E-state index contributed by atoms with van der Waals surface area (Å²) in [5.74, 6) is 0. The average molecular weight is 407 g/mol. The first-order valence-corrected chi connectivity index (χ1v) is 10.5. The molecule has 4 aromatic heterocycles. The first kappa shape index (κ1) is 20.4. The van der Waals surface area contributed by atoms with Gasteiger partial charge in [0.1, 0.15) is 0 Å². The Morgan fingerprint density at radius 2 is 1.17 bits per heavy atom. The van der Waals surface area contributed by atoms with E-state index in [4.69, 9.17) is 0 Å². The van der Waals surface area contributed by atoms with E-state index >= 15 is 0 Å². The number of hydrogen-bond donors (Lipinski definition) is 2. The van der Waals surface area contributed by atoms with Gasteiger partial charge in [-0.05, 0) is 77.1 Å². The maximum atomic E-state index is 4.45. The van der Waals surface area contributed by atoms with Gasteiger partial charge in [0.25, 0.3) is 0 Å². The molecule has 2 N–H and O–H groups in total. The number of aromatic amines is 2. The van der Waals surface area contributed by atoms with Crippen LogP contribution in [-0.2, 0) is 13.1 Å². The molecule has 0 saturated heterocycles. The Hall–Kier alpha value is -2.84. The molecule has 0 bridgehead atoms. The van der Waals surface area contributed by atoms with Gasteiger partial charge in [0, 0.05) is 47.6 Å². The van der Waals surface area contributed by atoms with E-state index in [0.717, 1.165) is 59.6 Å². The minimum absolute atomic E-state index is 0.791. The quantitative estimate of drug-likeness (QED) is 0.415. The summed E-state index contributed by atoms with van der Waals surface area (Å²) in [6.07, 6.45) is 6.19. The summed E-state index contributed by atoms with van der Waals surface area (Å²) in [6, 6.07) is 4.38. The molecule has 0 aliphatic heterocycles. The van der Waals surface area contributed by atoms with Crippen molar-refractivity contribution in [1.82, 2.24) is 40.2 Å². The third kappa shape index (κ3) is 4.66. The molecule has 8 nitrogen and oxygen atoms in total. The molecule has 4 aromatic rings. The molecule has 0 saturated carbocycles. The molecule has 30 heavy (non-hydrogen) atoms. The van der Waals surface area contributed by atoms with Crippen LogP contribution in [-0.4, -0.2) is 67.3 Å². The van der Waals surface area contributed by atoms with E-state index in [1.54, 1.807) is 0 Å². The van der Waals surface area contributed by atoms with E-state index in [1.807, 2.05) is 26.2 Å². The van der Waals surface area contributed by atoms with Gasteiger partial charge in [-0.3, -0.25) is 10.2 Å². The van der Waals surface area contributed by atoms with Gasteiger partial charge in [-0.15, -0.1) is 0 Å². The van der Waals surface area contributed by atoms with E-state index in [0.29, 0.717) is 0 Å². The number of unbranched alkanes of at least 4 members (excludes halogenated alkanes) is 1. The smallest absolute Gasteiger partial charge is 0.181 e. The maximum Gasteiger partial charge on any atom is 0.181 e. The highest BCUT2D eigenvalue weighted by atomic mass is 15.2. The van der Waals surface area contributed by atoms with Gasteiger partial charge >= 0.3 is 0 Å². The lowest BCUT2D eigenvalue weighted by Gasteiger charge is -2.19. The number of nitrogens with one attached hydrogen (secondary N) is 2. The number of H-pyrrole nitrogens is 2. The largest absolute Gasteiger partial charge is 0.302 e. The van der Waals surface area contributed by atoms with Crippen LogP contribution in [0.15, 0.2) is 24.5 Å². The van der Waals surface area contributed by atoms with Crippen molar-refractivity contribution >= 4 is 22.1 Å². The molecule has 4 heterocycles. The van der Waals surface area contributed by atoms with E-state index in [1.165, 1.54) is 24.0 Å². The van der Waals surface area contributed by atoms with Crippen molar-refractivity contribution in [3.63, 3.8) is 0 Å². The lowest BCUT2D eigenvalue weighted by atomic mass is 10.2. The van der Waals surface area contributed by atoms with Crippen LogP contribution in [0, 0.1) is 13.8 Å². The van der Waals surface area contributed by atoms with Crippen molar-refractivity contribution in [1.29, 1.82) is 0 Å². The first-order valence-electron chi connectivity index (χ1n) is 10.5. The van der Waals surface area contributed by atoms with Gasteiger partial charge in [-0.2, -0.15) is 10.2 Å². The van der Waals surface area contributed by atoms with E-state index in [9.17, 15) is 0 Å². The Morgan fingerprint density at radius 1 is 0.733 bits per heavy atom. The van der Waals surface area contributed by atoms with Crippen LogP contribution in [0.25, 0.3) is 22.1 Å². The second kappa shape index (κ2) is 8.89. The fourth-order valence-electron chi connectivity index (χ4n) is 3.84. The first-order chi connectivity index (χ1) is 14.5. The fourth-order valence-corrected chi connectivity index (χ4v) is 3.84. The molecule has 0 spiro atoms. The molecule has 0 aliphatic rings. The number of rotatable bonds is 9. The van der Waals surface area contributed by atoms with Crippen molar-refractivity contribution in [3.05, 3.63) is 47.0 Å². The van der Waals surface area contributed by atoms with E-state index in [-0.39, 0.29) is 0 Å². The molecule has 158 valence electrons. The lowest BCUT2D eigenvalue weighted by Crippen LogP contribution is -2.22. The molecule has 0 unspecified atom stereocenters. The summed E-state index contributed by atoms with van der Waals surface area (Å²) < 4.78 is 0. The molecule has 0 aliphatic carbocycles. The number of pyridine rings is 2. The second-order valence-corrected chi connectivity index (χ2v) is 8.31. The Balaban J connectivity index is 1.20. The third-order valence-corrected chi connectivity index (χ3v) is 5.55. The van der Waals surface area contributed by atoms with Gasteiger partial charge in [-0.25, -0.2) is 9.97 Å².